The third kappa shape index (κ3) is 3.18. The summed E-state index contributed by atoms with van der Waals surface area (Å²) >= 11 is 0. The summed E-state index contributed by atoms with van der Waals surface area (Å²) in [7, 11) is 0. The van der Waals surface area contributed by atoms with Crippen molar-refractivity contribution in [2.75, 3.05) is 0 Å². The van der Waals surface area contributed by atoms with E-state index in [1.54, 1.807) is 0 Å². The highest BCUT2D eigenvalue weighted by atomic mass is 16.6. The van der Waals surface area contributed by atoms with Crippen LogP contribution in [-0.4, -0.2) is 20.2 Å². The van der Waals surface area contributed by atoms with Crippen LogP contribution in [0.3, 0.4) is 0 Å². The first-order valence-electron chi connectivity index (χ1n) is 7.00. The second-order valence-corrected chi connectivity index (χ2v) is 5.19. The van der Waals surface area contributed by atoms with Crippen LogP contribution in [0.15, 0.2) is 48.8 Å². The van der Waals surface area contributed by atoms with E-state index in [2.05, 4.69) is 10.3 Å². The SMILES string of the molecule is Cc1ccc2nc(CNC(=O)c3ccc([N+](=O)[O-])cc3)cn2c1. The number of pyridine rings is 1. The Morgan fingerprint density at radius 2 is 1.96 bits per heavy atom. The highest BCUT2D eigenvalue weighted by molar-refractivity contribution is 5.94. The van der Waals surface area contributed by atoms with Gasteiger partial charge in [0.05, 0.1) is 17.2 Å². The molecule has 0 bridgehead atoms. The average Bonchev–Trinajstić information content (AvgIpc) is 2.94. The zero-order chi connectivity index (χ0) is 16.4. The van der Waals surface area contributed by atoms with Gasteiger partial charge in [-0.2, -0.15) is 0 Å². The molecule has 0 aliphatic rings. The second kappa shape index (κ2) is 5.88. The van der Waals surface area contributed by atoms with Gasteiger partial charge in [0.25, 0.3) is 11.6 Å². The van der Waals surface area contributed by atoms with Crippen molar-refractivity contribution in [3.8, 4) is 0 Å². The fourth-order valence-corrected chi connectivity index (χ4v) is 2.25. The van der Waals surface area contributed by atoms with E-state index in [9.17, 15) is 14.9 Å². The van der Waals surface area contributed by atoms with Crippen molar-refractivity contribution in [2.24, 2.45) is 0 Å². The van der Waals surface area contributed by atoms with E-state index in [4.69, 9.17) is 0 Å². The first kappa shape index (κ1) is 14.7. The van der Waals surface area contributed by atoms with Gasteiger partial charge in [-0.25, -0.2) is 4.98 Å². The van der Waals surface area contributed by atoms with Gasteiger partial charge in [0, 0.05) is 30.1 Å². The third-order valence-corrected chi connectivity index (χ3v) is 3.42. The Balaban J connectivity index is 1.68. The number of nitro benzene ring substituents is 1. The minimum Gasteiger partial charge on any atom is -0.346 e. The lowest BCUT2D eigenvalue weighted by molar-refractivity contribution is -0.384. The summed E-state index contributed by atoms with van der Waals surface area (Å²) in [6.45, 7) is 2.28. The summed E-state index contributed by atoms with van der Waals surface area (Å²) < 4.78 is 1.91. The average molecular weight is 310 g/mol. The molecular weight excluding hydrogens is 296 g/mol. The summed E-state index contributed by atoms with van der Waals surface area (Å²) in [5.41, 5.74) is 3.00. The Morgan fingerprint density at radius 1 is 1.22 bits per heavy atom. The van der Waals surface area contributed by atoms with Crippen molar-refractivity contribution in [2.45, 2.75) is 13.5 Å². The maximum atomic E-state index is 12.1. The molecule has 3 aromatic rings. The molecule has 3 rings (SSSR count). The third-order valence-electron chi connectivity index (χ3n) is 3.42. The van der Waals surface area contributed by atoms with Gasteiger partial charge in [0.1, 0.15) is 5.65 Å². The largest absolute Gasteiger partial charge is 0.346 e. The lowest BCUT2D eigenvalue weighted by Crippen LogP contribution is -2.22. The topological polar surface area (TPSA) is 89.5 Å². The van der Waals surface area contributed by atoms with Gasteiger partial charge in [0.15, 0.2) is 0 Å². The molecule has 1 aromatic carbocycles. The Labute approximate surface area is 131 Å². The van der Waals surface area contributed by atoms with E-state index in [0.29, 0.717) is 5.56 Å². The second-order valence-electron chi connectivity index (χ2n) is 5.19. The number of benzene rings is 1. The monoisotopic (exact) mass is 310 g/mol. The van der Waals surface area contributed by atoms with Crippen LogP contribution in [0.2, 0.25) is 0 Å². The number of amides is 1. The fraction of sp³-hybridized carbons (Fsp3) is 0.125. The van der Waals surface area contributed by atoms with Gasteiger partial charge in [-0.3, -0.25) is 14.9 Å². The van der Waals surface area contributed by atoms with Gasteiger partial charge in [-0.1, -0.05) is 6.07 Å². The predicted molar refractivity (Wildman–Crippen MR) is 84.2 cm³/mol. The summed E-state index contributed by atoms with van der Waals surface area (Å²) in [6, 6.07) is 9.37. The molecule has 1 N–H and O–H groups in total. The van der Waals surface area contributed by atoms with Crippen molar-refractivity contribution in [3.05, 3.63) is 75.7 Å². The molecule has 0 radical (unpaired) electrons. The molecule has 2 aromatic heterocycles. The smallest absolute Gasteiger partial charge is 0.269 e. The van der Waals surface area contributed by atoms with E-state index in [0.717, 1.165) is 16.9 Å². The van der Waals surface area contributed by atoms with Crippen molar-refractivity contribution in [3.63, 3.8) is 0 Å². The molecule has 0 saturated carbocycles. The molecule has 1 amide bonds. The fourth-order valence-electron chi connectivity index (χ4n) is 2.25. The molecule has 0 aliphatic heterocycles. The Morgan fingerprint density at radius 3 is 2.65 bits per heavy atom. The number of carbonyl (C=O) groups excluding carboxylic acids is 1. The lowest BCUT2D eigenvalue weighted by Gasteiger charge is -2.02. The van der Waals surface area contributed by atoms with Crippen molar-refractivity contribution in [1.29, 1.82) is 0 Å². The number of imidazole rings is 1. The summed E-state index contributed by atoms with van der Waals surface area (Å²) in [5.74, 6) is -0.298. The lowest BCUT2D eigenvalue weighted by atomic mass is 10.2. The molecule has 0 atom stereocenters. The van der Waals surface area contributed by atoms with Crippen LogP contribution in [0.25, 0.3) is 5.65 Å². The highest BCUT2D eigenvalue weighted by Crippen LogP contribution is 2.12. The molecule has 0 unspecified atom stereocenters. The van der Waals surface area contributed by atoms with Gasteiger partial charge < -0.3 is 9.72 Å². The first-order valence-corrected chi connectivity index (χ1v) is 7.00. The van der Waals surface area contributed by atoms with Crippen LogP contribution in [-0.2, 0) is 6.54 Å². The van der Waals surface area contributed by atoms with Gasteiger partial charge >= 0.3 is 0 Å². The van der Waals surface area contributed by atoms with Crippen LogP contribution < -0.4 is 5.32 Å². The zero-order valence-corrected chi connectivity index (χ0v) is 12.4. The maximum Gasteiger partial charge on any atom is 0.269 e. The summed E-state index contributed by atoms with van der Waals surface area (Å²) in [5, 5.41) is 13.4. The molecule has 2 heterocycles. The van der Waals surface area contributed by atoms with E-state index in [1.807, 2.05) is 35.9 Å². The number of fused-ring (bicyclic) bond motifs is 1. The standard InChI is InChI=1S/C16H14N4O3/c1-11-2-7-15-18-13(10-19(15)9-11)8-17-16(21)12-3-5-14(6-4-12)20(22)23/h2-7,9-10H,8H2,1H3,(H,17,21). The summed E-state index contributed by atoms with van der Waals surface area (Å²) in [6.07, 6.45) is 3.82. The summed E-state index contributed by atoms with van der Waals surface area (Å²) in [4.78, 5) is 26.6. The van der Waals surface area contributed by atoms with Crippen molar-refractivity contribution >= 4 is 17.2 Å². The van der Waals surface area contributed by atoms with Crippen LogP contribution in [0.1, 0.15) is 21.6 Å². The molecule has 0 aliphatic carbocycles. The Bertz CT molecular complexity index is 884. The molecule has 7 nitrogen and oxygen atoms in total. The normalized spacial score (nSPS) is 10.7. The maximum absolute atomic E-state index is 12.1. The number of aryl methyl sites for hydroxylation is 1. The van der Waals surface area contributed by atoms with Crippen LogP contribution in [0.5, 0.6) is 0 Å². The number of non-ortho nitro benzene ring substituents is 1. The number of nitro groups is 1. The molecular formula is C16H14N4O3. The van der Waals surface area contributed by atoms with Crippen molar-refractivity contribution < 1.29 is 9.72 Å². The highest BCUT2D eigenvalue weighted by Gasteiger charge is 2.10. The molecule has 0 saturated heterocycles. The van der Waals surface area contributed by atoms with Gasteiger partial charge in [0.2, 0.25) is 0 Å². The number of nitrogens with one attached hydrogen (secondary N) is 1. The number of carbonyl (C=O) groups is 1. The van der Waals surface area contributed by atoms with E-state index >= 15 is 0 Å². The van der Waals surface area contributed by atoms with E-state index in [1.165, 1.54) is 24.3 Å². The van der Waals surface area contributed by atoms with Gasteiger partial charge in [-0.15, -0.1) is 0 Å². The Kier molecular flexibility index (Phi) is 3.76. The predicted octanol–water partition coefficient (Wildman–Crippen LogP) is 2.48. The molecule has 0 spiro atoms. The van der Waals surface area contributed by atoms with Crippen LogP contribution in [0.4, 0.5) is 5.69 Å². The van der Waals surface area contributed by atoms with Crippen LogP contribution in [0, 0.1) is 17.0 Å². The van der Waals surface area contributed by atoms with E-state index in [-0.39, 0.29) is 18.1 Å². The number of hydrogen-bond acceptors (Lipinski definition) is 4. The number of aromatic nitrogens is 2. The van der Waals surface area contributed by atoms with E-state index < -0.39 is 4.92 Å². The first-order chi connectivity index (χ1) is 11.0. The molecule has 116 valence electrons. The molecule has 0 fully saturated rings. The van der Waals surface area contributed by atoms with Crippen LogP contribution >= 0.6 is 0 Å². The minimum atomic E-state index is -0.500. The number of nitrogens with zero attached hydrogens (tertiary/aromatic N) is 3. The Hall–Kier alpha value is -3.22. The quantitative estimate of drug-likeness (QED) is 0.592. The molecule has 7 heteroatoms. The number of rotatable bonds is 4. The number of hydrogen-bond donors (Lipinski definition) is 1. The molecule has 23 heavy (non-hydrogen) atoms. The minimum absolute atomic E-state index is 0.0442. The zero-order valence-electron chi connectivity index (χ0n) is 12.4. The van der Waals surface area contributed by atoms with Gasteiger partial charge in [-0.05, 0) is 30.7 Å². The van der Waals surface area contributed by atoms with Crippen molar-refractivity contribution in [1.82, 2.24) is 14.7 Å².